The summed E-state index contributed by atoms with van der Waals surface area (Å²) in [5, 5.41) is 50.8. The van der Waals surface area contributed by atoms with Crippen molar-refractivity contribution in [1.82, 2.24) is 20.0 Å². The Kier molecular flexibility index (Phi) is 18.7. The zero-order valence-electron chi connectivity index (χ0n) is 66.6. The van der Waals surface area contributed by atoms with Crippen molar-refractivity contribution in [1.29, 1.82) is 0 Å². The van der Waals surface area contributed by atoms with Crippen molar-refractivity contribution in [2.24, 2.45) is 101 Å². The molecule has 16 fully saturated rings. The van der Waals surface area contributed by atoms with Crippen LogP contribution >= 0.6 is 0 Å². The van der Waals surface area contributed by atoms with Crippen molar-refractivity contribution < 1.29 is 77.4 Å². The highest BCUT2D eigenvalue weighted by Gasteiger charge is 2.87. The first-order chi connectivity index (χ1) is 48.0. The number of aliphatic hydroxyl groups is 4. The van der Waals surface area contributed by atoms with Crippen LogP contribution in [-0.4, -0.2) is 221 Å². The van der Waals surface area contributed by atoms with E-state index in [9.17, 15) is 34.8 Å². The zero-order valence-corrected chi connectivity index (χ0v) is 66.6. The molecule has 584 valence electrons. The number of esters is 2. The maximum absolute atomic E-state index is 12.6. The summed E-state index contributed by atoms with van der Waals surface area (Å²) in [6.45, 7) is 47.7. The van der Waals surface area contributed by atoms with Gasteiger partial charge in [-0.15, -0.1) is 0 Å². The minimum Gasteiger partial charge on any atom is -0.457 e. The van der Waals surface area contributed by atoms with Crippen LogP contribution in [0.4, 0.5) is 4.79 Å². The number of aliphatic hydroxyl groups excluding tert-OH is 2. The molecule has 16 rings (SSSR count). The molecule has 1 amide bonds. The van der Waals surface area contributed by atoms with Gasteiger partial charge in [-0.3, -0.25) is 19.4 Å². The fraction of sp³-hybridized carbons (Fsp3) is 0.964. The molecule has 20 heteroatoms. The van der Waals surface area contributed by atoms with E-state index in [1.165, 1.54) is 52.4 Å². The van der Waals surface area contributed by atoms with Crippen molar-refractivity contribution in [3.8, 4) is 0 Å². The number of carbonyl (C=O) groups excluding carboxylic acids is 3. The third kappa shape index (κ3) is 11.4. The molecule has 10 aliphatic carbocycles. The van der Waals surface area contributed by atoms with Crippen LogP contribution in [0.25, 0.3) is 0 Å². The number of ether oxygens (including phenoxy) is 9. The van der Waals surface area contributed by atoms with Gasteiger partial charge in [-0.05, 0) is 242 Å². The van der Waals surface area contributed by atoms with Gasteiger partial charge in [0.05, 0.1) is 79.8 Å². The van der Waals surface area contributed by atoms with Crippen LogP contribution in [0.15, 0.2) is 0 Å². The van der Waals surface area contributed by atoms with Crippen LogP contribution < -0.4 is 5.32 Å². The van der Waals surface area contributed by atoms with Gasteiger partial charge in [0.15, 0.2) is 24.8 Å². The van der Waals surface area contributed by atoms with E-state index in [1.54, 1.807) is 32.6 Å². The van der Waals surface area contributed by atoms with E-state index in [1.807, 2.05) is 20.8 Å². The molecule has 10 saturated carbocycles. The lowest BCUT2D eigenvalue weighted by Gasteiger charge is -2.64. The smallest absolute Gasteiger partial charge is 0.410 e. The second-order valence-electron chi connectivity index (χ2n) is 41.7. The molecular formula is C83H136N4O16. The number of hydrogen-bond donors (Lipinski definition) is 5. The fourth-order valence-electron chi connectivity index (χ4n) is 29.4. The minimum atomic E-state index is -1.27. The van der Waals surface area contributed by atoms with Gasteiger partial charge in [-0.2, -0.15) is 0 Å². The second kappa shape index (κ2) is 25.4. The number of fused-ring (bicyclic) bond motifs is 8. The molecule has 4 spiro atoms. The normalized spacial score (nSPS) is 49.5. The lowest BCUT2D eigenvalue weighted by molar-refractivity contribution is -0.253. The summed E-state index contributed by atoms with van der Waals surface area (Å²) in [5.74, 6) is 2.13. The minimum absolute atomic E-state index is 0.0139. The molecule has 0 radical (unpaired) electrons. The molecule has 103 heavy (non-hydrogen) atoms. The van der Waals surface area contributed by atoms with Gasteiger partial charge < -0.3 is 73.3 Å². The highest BCUT2D eigenvalue weighted by molar-refractivity contribution is 5.69. The van der Waals surface area contributed by atoms with Gasteiger partial charge in [0, 0.05) is 82.6 Å². The van der Waals surface area contributed by atoms with Gasteiger partial charge in [-0.1, -0.05) is 69.2 Å². The first-order valence-electron chi connectivity index (χ1n) is 41.2. The van der Waals surface area contributed by atoms with Gasteiger partial charge in [0.25, 0.3) is 0 Å². The SMILES string of the molecule is CC(=O)O[C@@H]([C@H]1C[C@@H](C)C2[C@H](O1)[C@H](O)[C@@]1(C)[C@@H]3CC[C@H]4C(C)(C)[C@@H](OC5CN(C6CN(C(=O)OC(C)(C)C)C6)CCO5)CCC45C[C@@]35CC[C@]21C)C(C)(C)O.CC(=O)O[C@@H]([C@H]1C[C@@H](C)C2[C@H](O1)[C@H](O)[C@@]1(C)[C@@H]3CC[C@H]4C(C)(C)[C@@H](OC5CN(C6CNC6)CCO5)CCC45C[C@@]35CC[C@]21C)C(C)(C)O. The van der Waals surface area contributed by atoms with Crippen LogP contribution in [0.2, 0.25) is 0 Å². The molecule has 16 aliphatic rings. The summed E-state index contributed by atoms with van der Waals surface area (Å²) in [7, 11) is 0. The average molecular weight is 1450 g/mol. The van der Waals surface area contributed by atoms with Crippen molar-refractivity contribution in [2.45, 2.75) is 337 Å². The van der Waals surface area contributed by atoms with Crippen LogP contribution in [0.1, 0.15) is 234 Å². The number of amides is 1. The summed E-state index contributed by atoms with van der Waals surface area (Å²) in [6.07, 6.45) is 12.8. The molecule has 20 nitrogen and oxygen atoms in total. The van der Waals surface area contributed by atoms with Crippen LogP contribution in [0, 0.1) is 101 Å². The van der Waals surface area contributed by atoms with E-state index in [-0.39, 0.29) is 115 Å². The Morgan fingerprint density at radius 1 is 0.524 bits per heavy atom. The Morgan fingerprint density at radius 2 is 0.913 bits per heavy atom. The fourth-order valence-corrected chi connectivity index (χ4v) is 29.4. The zero-order chi connectivity index (χ0) is 74.1. The molecule has 5 N–H and O–H groups in total. The van der Waals surface area contributed by atoms with Crippen molar-refractivity contribution >= 4 is 18.0 Å². The number of likely N-dealkylation sites (tertiary alicyclic amines) is 1. The second-order valence-corrected chi connectivity index (χ2v) is 41.7. The average Bonchev–Trinajstić information content (AvgIpc) is 1.46. The number of morpholine rings is 2. The summed E-state index contributed by atoms with van der Waals surface area (Å²) in [4.78, 5) is 43.6. The predicted molar refractivity (Wildman–Crippen MR) is 387 cm³/mol. The summed E-state index contributed by atoms with van der Waals surface area (Å²) in [6, 6.07) is 0.921. The highest BCUT2D eigenvalue weighted by Crippen LogP contribution is 2.91. The van der Waals surface area contributed by atoms with E-state index in [0.717, 1.165) is 97.2 Å². The van der Waals surface area contributed by atoms with Crippen LogP contribution in [0.3, 0.4) is 0 Å². The Morgan fingerprint density at radius 3 is 1.28 bits per heavy atom. The quantitative estimate of drug-likeness (QED) is 0.0902. The lowest BCUT2D eigenvalue weighted by Crippen LogP contribution is -2.64. The first-order valence-corrected chi connectivity index (χ1v) is 41.2. The van der Waals surface area contributed by atoms with E-state index >= 15 is 0 Å². The lowest BCUT2D eigenvalue weighted by atomic mass is 9.41. The number of nitrogens with zero attached hydrogens (tertiary/aromatic N) is 3. The molecule has 6 heterocycles. The number of rotatable bonds is 12. The van der Waals surface area contributed by atoms with E-state index in [4.69, 9.17) is 42.6 Å². The molecule has 0 bridgehead atoms. The molecule has 6 saturated heterocycles. The standard InChI is InChI=1S/C44H72N2O9.C39H64N2O7/c1-25-20-28(36(40(8,9)50)52-26(2)47)53-34-33(25)41(10)16-17-44-24-43(44)15-14-31(39(6,7)29(43)12-13-30(44)42(41,11)35(34)48)54-32-23-45(18-19-51-32)27-21-46(22-27)37(49)55-38(3,4)5;1-22-17-25(33(35(5,6)44)46-23(2)42)47-31-30(22)36(7)13-14-39-21-38(39)12-11-28(48-29-20-41(15-16-45-29)24-18-40-19-24)34(3,4)26(38)9-10-27(39)37(36,8)32(31)43/h25,27-36,48,50H,12-24H2,1-11H3;22,24-33,40,43-44H,9-21H2,1-8H3/t25-,28-,29+,30+,31+,32?,33?,34+,35+,36+,41-,42-,43?,44+;22-,25-,26+,27+,28+,29?,30?,31+,32+,33+,36-,37-,38?,39+/m11/s1. The monoisotopic (exact) mass is 1440 g/mol. The highest BCUT2D eigenvalue weighted by atomic mass is 16.7. The Labute approximate surface area is 616 Å². The molecule has 28 atom stereocenters. The molecular weight excluding hydrogens is 1310 g/mol. The third-order valence-corrected chi connectivity index (χ3v) is 34.3. The number of nitrogens with one attached hydrogen (secondary N) is 1. The predicted octanol–water partition coefficient (Wildman–Crippen LogP) is 10.7. The number of carbonyl (C=O) groups is 3. The van der Waals surface area contributed by atoms with Crippen molar-refractivity contribution in [2.75, 3.05) is 65.6 Å². The first kappa shape index (κ1) is 76.1. The van der Waals surface area contributed by atoms with Gasteiger partial charge in [0.2, 0.25) is 0 Å². The molecule has 0 aromatic heterocycles. The topological polar surface area (TPSA) is 237 Å². The number of hydrogen-bond acceptors (Lipinski definition) is 19. The summed E-state index contributed by atoms with van der Waals surface area (Å²) < 4.78 is 57.1. The summed E-state index contributed by atoms with van der Waals surface area (Å²) in [5.41, 5.74) is -2.57. The van der Waals surface area contributed by atoms with Crippen molar-refractivity contribution in [3.63, 3.8) is 0 Å². The van der Waals surface area contributed by atoms with Gasteiger partial charge in [-0.25, -0.2) is 4.79 Å². The maximum Gasteiger partial charge on any atom is 0.410 e. The van der Waals surface area contributed by atoms with E-state index in [0.29, 0.717) is 73.7 Å². The van der Waals surface area contributed by atoms with E-state index in [2.05, 4.69) is 84.4 Å². The van der Waals surface area contributed by atoms with Crippen LogP contribution in [-0.2, 0) is 52.2 Å². The maximum atomic E-state index is 12.6. The largest absolute Gasteiger partial charge is 0.457 e. The molecule has 0 aromatic rings. The molecule has 6 aliphatic heterocycles. The molecule has 6 unspecified atom stereocenters. The van der Waals surface area contributed by atoms with Gasteiger partial charge in [0.1, 0.15) is 5.60 Å². The van der Waals surface area contributed by atoms with E-state index < -0.39 is 65.4 Å². The summed E-state index contributed by atoms with van der Waals surface area (Å²) >= 11 is 0. The van der Waals surface area contributed by atoms with Gasteiger partial charge >= 0.3 is 18.0 Å². The molecule has 0 aromatic carbocycles. The Balaban J connectivity index is 0.000000168. The Hall–Kier alpha value is -2.31. The van der Waals surface area contributed by atoms with Crippen LogP contribution in [0.5, 0.6) is 0 Å². The van der Waals surface area contributed by atoms with Crippen molar-refractivity contribution in [3.05, 3.63) is 0 Å². The third-order valence-electron chi connectivity index (χ3n) is 34.3. The Bertz CT molecular complexity index is 3210.